The summed E-state index contributed by atoms with van der Waals surface area (Å²) < 4.78 is 0. The lowest BCUT2D eigenvalue weighted by Gasteiger charge is -2.37. The Labute approximate surface area is 151 Å². The van der Waals surface area contributed by atoms with Gasteiger partial charge in [0, 0.05) is 16.6 Å². The van der Waals surface area contributed by atoms with Gasteiger partial charge in [0.1, 0.15) is 0 Å². The van der Waals surface area contributed by atoms with E-state index in [1.165, 1.54) is 0 Å². The molecule has 0 radical (unpaired) electrons. The number of aliphatic carboxylic acids is 1. The van der Waals surface area contributed by atoms with Crippen LogP contribution in [0.1, 0.15) is 30.0 Å². The molecular formula is C19H19Cl2NO2. The van der Waals surface area contributed by atoms with E-state index >= 15 is 0 Å². The van der Waals surface area contributed by atoms with Crippen LogP contribution >= 0.6 is 23.2 Å². The lowest BCUT2D eigenvalue weighted by atomic mass is 9.91. The van der Waals surface area contributed by atoms with Gasteiger partial charge in [0.25, 0.3) is 0 Å². The van der Waals surface area contributed by atoms with Gasteiger partial charge in [-0.3, -0.25) is 9.69 Å². The minimum atomic E-state index is -0.722. The van der Waals surface area contributed by atoms with Crippen LogP contribution < -0.4 is 0 Å². The van der Waals surface area contributed by atoms with Crippen molar-refractivity contribution in [2.45, 2.75) is 18.9 Å². The Morgan fingerprint density at radius 2 is 1.83 bits per heavy atom. The number of carboxylic acids is 1. The largest absolute Gasteiger partial charge is 0.481 e. The van der Waals surface area contributed by atoms with Gasteiger partial charge in [-0.05, 0) is 54.8 Å². The van der Waals surface area contributed by atoms with E-state index in [-0.39, 0.29) is 12.0 Å². The van der Waals surface area contributed by atoms with Crippen molar-refractivity contribution in [2.75, 3.05) is 13.1 Å². The molecule has 3 nitrogen and oxygen atoms in total. The van der Waals surface area contributed by atoms with Gasteiger partial charge in [0.2, 0.25) is 0 Å². The predicted molar refractivity (Wildman–Crippen MR) is 96.7 cm³/mol. The van der Waals surface area contributed by atoms with Gasteiger partial charge >= 0.3 is 5.97 Å². The summed E-state index contributed by atoms with van der Waals surface area (Å²) in [7, 11) is 0. The number of nitrogens with zero attached hydrogens (tertiary/aromatic N) is 1. The first-order chi connectivity index (χ1) is 11.5. The topological polar surface area (TPSA) is 40.5 Å². The van der Waals surface area contributed by atoms with Gasteiger partial charge in [-0.25, -0.2) is 0 Å². The van der Waals surface area contributed by atoms with Crippen LogP contribution in [0, 0.1) is 5.92 Å². The zero-order valence-electron chi connectivity index (χ0n) is 13.2. The molecule has 2 aromatic rings. The molecule has 3 rings (SSSR count). The second-order valence-electron chi connectivity index (χ2n) is 6.18. The molecule has 0 bridgehead atoms. The van der Waals surface area contributed by atoms with Gasteiger partial charge in [-0.1, -0.05) is 47.5 Å². The fourth-order valence-electron chi connectivity index (χ4n) is 3.38. The average Bonchev–Trinajstić information content (AvgIpc) is 2.57. The Morgan fingerprint density at radius 1 is 1.08 bits per heavy atom. The zero-order chi connectivity index (χ0) is 17.1. The molecule has 2 atom stereocenters. The van der Waals surface area contributed by atoms with Crippen LogP contribution in [0.25, 0.3) is 0 Å². The first-order valence-electron chi connectivity index (χ1n) is 8.02. The highest BCUT2D eigenvalue weighted by Gasteiger charge is 2.31. The summed E-state index contributed by atoms with van der Waals surface area (Å²) in [4.78, 5) is 13.7. The maximum Gasteiger partial charge on any atom is 0.307 e. The number of halogens is 2. The summed E-state index contributed by atoms with van der Waals surface area (Å²) in [6, 6.07) is 15.5. The highest BCUT2D eigenvalue weighted by atomic mass is 35.5. The summed E-state index contributed by atoms with van der Waals surface area (Å²) in [5.74, 6) is -1.05. The molecule has 24 heavy (non-hydrogen) atoms. The summed E-state index contributed by atoms with van der Waals surface area (Å²) in [5, 5.41) is 10.8. The van der Waals surface area contributed by atoms with Gasteiger partial charge in [0.15, 0.2) is 0 Å². The third-order valence-corrected chi connectivity index (χ3v) is 5.00. The molecule has 0 aliphatic carbocycles. The fraction of sp³-hybridized carbons (Fsp3) is 0.316. The number of piperidine rings is 1. The van der Waals surface area contributed by atoms with Gasteiger partial charge in [-0.2, -0.15) is 0 Å². The normalized spacial score (nSPS) is 19.8. The predicted octanol–water partition coefficient (Wildman–Crippen LogP) is 4.88. The first-order valence-corrected chi connectivity index (χ1v) is 8.78. The maximum atomic E-state index is 11.4. The monoisotopic (exact) mass is 363 g/mol. The van der Waals surface area contributed by atoms with E-state index in [9.17, 15) is 9.90 Å². The van der Waals surface area contributed by atoms with Crippen molar-refractivity contribution < 1.29 is 9.90 Å². The minimum absolute atomic E-state index is 0.0249. The molecule has 0 saturated carbocycles. The Hall–Kier alpha value is -1.55. The van der Waals surface area contributed by atoms with Crippen molar-refractivity contribution in [1.82, 2.24) is 4.90 Å². The minimum Gasteiger partial charge on any atom is -0.481 e. The van der Waals surface area contributed by atoms with Crippen molar-refractivity contribution in [3.63, 3.8) is 0 Å². The van der Waals surface area contributed by atoms with E-state index in [4.69, 9.17) is 23.2 Å². The Balaban J connectivity index is 1.98. The van der Waals surface area contributed by atoms with Crippen molar-refractivity contribution >= 4 is 29.2 Å². The third kappa shape index (κ3) is 3.92. The molecule has 1 saturated heterocycles. The van der Waals surface area contributed by atoms with Crippen molar-refractivity contribution in [2.24, 2.45) is 5.92 Å². The molecule has 2 unspecified atom stereocenters. The van der Waals surface area contributed by atoms with E-state index < -0.39 is 5.97 Å². The number of hydrogen-bond donors (Lipinski definition) is 1. The molecule has 126 valence electrons. The molecule has 1 heterocycles. The molecule has 0 aromatic heterocycles. The zero-order valence-corrected chi connectivity index (χ0v) is 14.7. The number of benzene rings is 2. The summed E-state index contributed by atoms with van der Waals surface area (Å²) >= 11 is 12.2. The second kappa shape index (κ2) is 7.56. The highest BCUT2D eigenvalue weighted by Crippen LogP contribution is 2.34. The lowest BCUT2D eigenvalue weighted by molar-refractivity contribution is -0.143. The van der Waals surface area contributed by atoms with Gasteiger partial charge < -0.3 is 5.11 Å². The molecule has 0 amide bonds. The molecule has 2 aromatic carbocycles. The summed E-state index contributed by atoms with van der Waals surface area (Å²) in [6.45, 7) is 1.40. The van der Waals surface area contributed by atoms with Crippen LogP contribution in [-0.2, 0) is 4.79 Å². The second-order valence-corrected chi connectivity index (χ2v) is 7.05. The van der Waals surface area contributed by atoms with Crippen molar-refractivity contribution in [3.8, 4) is 0 Å². The van der Waals surface area contributed by atoms with E-state index in [1.807, 2.05) is 48.5 Å². The lowest BCUT2D eigenvalue weighted by Crippen LogP contribution is -2.41. The van der Waals surface area contributed by atoms with Gasteiger partial charge in [-0.15, -0.1) is 0 Å². The highest BCUT2D eigenvalue weighted by molar-refractivity contribution is 6.30. The van der Waals surface area contributed by atoms with Crippen molar-refractivity contribution in [3.05, 3.63) is 69.7 Å². The molecule has 1 aliphatic heterocycles. The Morgan fingerprint density at radius 3 is 2.50 bits per heavy atom. The molecule has 0 spiro atoms. The number of rotatable bonds is 4. The van der Waals surface area contributed by atoms with Crippen LogP contribution in [-0.4, -0.2) is 29.1 Å². The van der Waals surface area contributed by atoms with Crippen LogP contribution in [0.4, 0.5) is 0 Å². The Bertz CT molecular complexity index is 718. The van der Waals surface area contributed by atoms with E-state index in [0.717, 1.165) is 30.5 Å². The number of hydrogen-bond acceptors (Lipinski definition) is 2. The van der Waals surface area contributed by atoms with Gasteiger partial charge in [0.05, 0.1) is 12.0 Å². The average molecular weight is 364 g/mol. The molecule has 1 fully saturated rings. The number of carbonyl (C=O) groups is 1. The fourth-order valence-corrected chi connectivity index (χ4v) is 3.70. The maximum absolute atomic E-state index is 11.4. The van der Waals surface area contributed by atoms with E-state index in [2.05, 4.69) is 4.90 Å². The Kier molecular flexibility index (Phi) is 5.44. The van der Waals surface area contributed by atoms with Crippen LogP contribution in [0.15, 0.2) is 48.5 Å². The number of likely N-dealkylation sites (tertiary alicyclic amines) is 1. The van der Waals surface area contributed by atoms with Crippen LogP contribution in [0.2, 0.25) is 10.0 Å². The standard InChI is InChI=1S/C19H19Cl2NO2/c20-16-8-6-13(7-9-16)18(14-3-1-5-17(21)11-14)22-10-2-4-15(12-22)19(23)24/h1,3,5-9,11,15,18H,2,4,10,12H2,(H,23,24). The quantitative estimate of drug-likeness (QED) is 0.841. The van der Waals surface area contributed by atoms with Crippen LogP contribution in [0.3, 0.4) is 0 Å². The third-order valence-electron chi connectivity index (χ3n) is 4.52. The van der Waals surface area contributed by atoms with E-state index in [1.54, 1.807) is 0 Å². The van der Waals surface area contributed by atoms with E-state index in [0.29, 0.717) is 16.6 Å². The van der Waals surface area contributed by atoms with Crippen LogP contribution in [0.5, 0.6) is 0 Å². The van der Waals surface area contributed by atoms with Crippen molar-refractivity contribution in [1.29, 1.82) is 0 Å². The summed E-state index contributed by atoms with van der Waals surface area (Å²) in [5.41, 5.74) is 2.16. The molecular weight excluding hydrogens is 345 g/mol. The molecule has 5 heteroatoms. The molecule has 1 aliphatic rings. The first kappa shape index (κ1) is 17.3. The number of carboxylic acid groups (broad SMARTS) is 1. The SMILES string of the molecule is O=C(O)C1CCCN(C(c2ccc(Cl)cc2)c2cccc(Cl)c2)C1. The smallest absolute Gasteiger partial charge is 0.307 e. The summed E-state index contributed by atoms with van der Waals surface area (Å²) in [6.07, 6.45) is 1.61. The molecule has 1 N–H and O–H groups in total.